The fourth-order valence-electron chi connectivity index (χ4n) is 2.09. The fourth-order valence-corrected chi connectivity index (χ4v) is 2.09. The maximum Gasteiger partial charge on any atom is 0.165 e. The Morgan fingerprint density at radius 3 is 2.35 bits per heavy atom. The van der Waals surface area contributed by atoms with Gasteiger partial charge in [-0.25, -0.2) is 0 Å². The van der Waals surface area contributed by atoms with Crippen molar-refractivity contribution in [1.82, 2.24) is 0 Å². The maximum absolute atomic E-state index is 9.81. The molecule has 0 heterocycles. The van der Waals surface area contributed by atoms with E-state index in [4.69, 9.17) is 5.73 Å². The van der Waals surface area contributed by atoms with E-state index in [0.717, 1.165) is 16.2 Å². The molecule has 0 atom stereocenters. The number of hydrogen-bond donors (Lipinski definition) is 3. The highest BCUT2D eigenvalue weighted by Gasteiger charge is 2.07. The standard InChI is InChI=1S/C14H11NO2/c15-12-3-1-2-8-7-11-9(6-10(8)12)4-5-13(16)14(11)17/h1-7,16-17H,15H2. The van der Waals surface area contributed by atoms with E-state index in [1.165, 1.54) is 6.07 Å². The van der Waals surface area contributed by atoms with Crippen molar-refractivity contribution < 1.29 is 10.2 Å². The third-order valence-corrected chi connectivity index (χ3v) is 3.00. The van der Waals surface area contributed by atoms with Crippen LogP contribution < -0.4 is 5.73 Å². The Morgan fingerprint density at radius 1 is 0.824 bits per heavy atom. The Morgan fingerprint density at radius 2 is 1.53 bits per heavy atom. The number of nitrogens with two attached hydrogens (primary N) is 1. The number of aromatic hydroxyl groups is 2. The molecule has 0 fully saturated rings. The van der Waals surface area contributed by atoms with E-state index in [-0.39, 0.29) is 11.5 Å². The molecule has 3 rings (SSSR count). The van der Waals surface area contributed by atoms with Crippen LogP contribution in [-0.4, -0.2) is 10.2 Å². The summed E-state index contributed by atoms with van der Waals surface area (Å²) in [5, 5.41) is 22.6. The van der Waals surface area contributed by atoms with Crippen LogP contribution in [0, 0.1) is 0 Å². The molecular weight excluding hydrogens is 214 g/mol. The molecule has 0 saturated carbocycles. The summed E-state index contributed by atoms with van der Waals surface area (Å²) in [7, 11) is 0. The van der Waals surface area contributed by atoms with E-state index in [1.807, 2.05) is 30.3 Å². The van der Waals surface area contributed by atoms with Gasteiger partial charge in [-0.05, 0) is 35.0 Å². The zero-order chi connectivity index (χ0) is 12.0. The molecule has 0 saturated heterocycles. The third-order valence-electron chi connectivity index (χ3n) is 3.00. The minimum atomic E-state index is -0.110. The number of benzene rings is 3. The summed E-state index contributed by atoms with van der Waals surface area (Å²) in [6.45, 7) is 0. The second-order valence-corrected chi connectivity index (χ2v) is 4.08. The highest BCUT2D eigenvalue weighted by Crippen LogP contribution is 2.36. The second kappa shape index (κ2) is 3.28. The SMILES string of the molecule is Nc1cccc2cc3c(O)c(O)ccc3cc12. The average Bonchev–Trinajstić information content (AvgIpc) is 2.33. The molecule has 0 aliphatic heterocycles. The summed E-state index contributed by atoms with van der Waals surface area (Å²) in [4.78, 5) is 0. The molecule has 0 spiro atoms. The second-order valence-electron chi connectivity index (χ2n) is 4.08. The van der Waals surface area contributed by atoms with Crippen molar-refractivity contribution >= 4 is 27.2 Å². The van der Waals surface area contributed by atoms with Gasteiger partial charge in [0.2, 0.25) is 0 Å². The van der Waals surface area contributed by atoms with E-state index < -0.39 is 0 Å². The average molecular weight is 225 g/mol. The van der Waals surface area contributed by atoms with Crippen molar-refractivity contribution in [1.29, 1.82) is 0 Å². The summed E-state index contributed by atoms with van der Waals surface area (Å²) >= 11 is 0. The number of anilines is 1. The van der Waals surface area contributed by atoms with Gasteiger partial charge in [0.1, 0.15) is 0 Å². The lowest BCUT2D eigenvalue weighted by Crippen LogP contribution is -1.86. The molecule has 84 valence electrons. The Hall–Kier alpha value is -2.42. The normalized spacial score (nSPS) is 11.1. The van der Waals surface area contributed by atoms with Crippen molar-refractivity contribution in [2.75, 3.05) is 5.73 Å². The van der Waals surface area contributed by atoms with Crippen LogP contribution >= 0.6 is 0 Å². The third kappa shape index (κ3) is 1.36. The van der Waals surface area contributed by atoms with Gasteiger partial charge in [0.05, 0.1) is 0 Å². The van der Waals surface area contributed by atoms with Crippen LogP contribution in [0.3, 0.4) is 0 Å². The van der Waals surface area contributed by atoms with Gasteiger partial charge in [0, 0.05) is 16.5 Å². The Kier molecular flexibility index (Phi) is 1.89. The molecule has 0 amide bonds. The van der Waals surface area contributed by atoms with Gasteiger partial charge >= 0.3 is 0 Å². The topological polar surface area (TPSA) is 66.5 Å². The summed E-state index contributed by atoms with van der Waals surface area (Å²) in [6, 6.07) is 12.6. The fraction of sp³-hybridized carbons (Fsp3) is 0. The van der Waals surface area contributed by atoms with Crippen LogP contribution in [0.25, 0.3) is 21.5 Å². The first-order valence-corrected chi connectivity index (χ1v) is 5.30. The number of fused-ring (bicyclic) bond motifs is 2. The molecule has 4 N–H and O–H groups in total. The zero-order valence-electron chi connectivity index (χ0n) is 9.01. The van der Waals surface area contributed by atoms with E-state index >= 15 is 0 Å². The highest BCUT2D eigenvalue weighted by atomic mass is 16.3. The molecule has 3 nitrogen and oxygen atoms in total. The smallest absolute Gasteiger partial charge is 0.165 e. The molecule has 3 heteroatoms. The highest BCUT2D eigenvalue weighted by molar-refractivity contribution is 6.05. The molecule has 0 radical (unpaired) electrons. The molecule has 0 aliphatic rings. The number of phenolic OH excluding ortho intramolecular Hbond substituents is 2. The molecule has 0 bridgehead atoms. The molecule has 3 aromatic rings. The number of nitrogen functional groups attached to an aromatic ring is 1. The van der Waals surface area contributed by atoms with Gasteiger partial charge < -0.3 is 15.9 Å². The largest absolute Gasteiger partial charge is 0.504 e. The molecule has 0 aliphatic carbocycles. The van der Waals surface area contributed by atoms with Crippen LogP contribution in [0.5, 0.6) is 11.5 Å². The van der Waals surface area contributed by atoms with Crippen LogP contribution in [0.4, 0.5) is 5.69 Å². The first-order valence-electron chi connectivity index (χ1n) is 5.30. The van der Waals surface area contributed by atoms with Gasteiger partial charge in [-0.15, -0.1) is 0 Å². The van der Waals surface area contributed by atoms with Crippen molar-refractivity contribution in [3.05, 3.63) is 42.5 Å². The predicted molar refractivity (Wildman–Crippen MR) is 69.2 cm³/mol. The summed E-state index contributed by atoms with van der Waals surface area (Å²) in [5.74, 6) is -0.201. The van der Waals surface area contributed by atoms with Gasteiger partial charge in [-0.3, -0.25) is 0 Å². The van der Waals surface area contributed by atoms with E-state index in [0.29, 0.717) is 11.1 Å². The van der Waals surface area contributed by atoms with Gasteiger partial charge in [-0.1, -0.05) is 18.2 Å². The van der Waals surface area contributed by atoms with Crippen LogP contribution in [-0.2, 0) is 0 Å². The quantitative estimate of drug-likeness (QED) is 0.313. The van der Waals surface area contributed by atoms with Crippen LogP contribution in [0.15, 0.2) is 42.5 Å². The summed E-state index contributed by atoms with van der Waals surface area (Å²) in [5.41, 5.74) is 6.61. The van der Waals surface area contributed by atoms with Crippen molar-refractivity contribution in [2.24, 2.45) is 0 Å². The molecule has 0 aromatic heterocycles. The zero-order valence-corrected chi connectivity index (χ0v) is 9.01. The lowest BCUT2D eigenvalue weighted by molar-refractivity contribution is 0.408. The Balaban J connectivity index is 2.52. The van der Waals surface area contributed by atoms with Crippen molar-refractivity contribution in [2.45, 2.75) is 0 Å². The first-order chi connectivity index (χ1) is 8.16. The summed E-state index contributed by atoms with van der Waals surface area (Å²) < 4.78 is 0. The van der Waals surface area contributed by atoms with Gasteiger partial charge in [0.25, 0.3) is 0 Å². The van der Waals surface area contributed by atoms with Crippen molar-refractivity contribution in [3.8, 4) is 11.5 Å². The number of rotatable bonds is 0. The minimum absolute atomic E-state index is 0.0909. The van der Waals surface area contributed by atoms with Gasteiger partial charge in [-0.2, -0.15) is 0 Å². The van der Waals surface area contributed by atoms with Crippen LogP contribution in [0.2, 0.25) is 0 Å². The predicted octanol–water partition coefficient (Wildman–Crippen LogP) is 2.99. The first kappa shape index (κ1) is 9.78. The van der Waals surface area contributed by atoms with E-state index in [1.54, 1.807) is 6.07 Å². The maximum atomic E-state index is 9.81. The minimum Gasteiger partial charge on any atom is -0.504 e. The summed E-state index contributed by atoms with van der Waals surface area (Å²) in [6.07, 6.45) is 0. The van der Waals surface area contributed by atoms with E-state index in [2.05, 4.69) is 0 Å². The van der Waals surface area contributed by atoms with Crippen molar-refractivity contribution in [3.63, 3.8) is 0 Å². The lowest BCUT2D eigenvalue weighted by atomic mass is 10.0. The monoisotopic (exact) mass is 225 g/mol. The Labute approximate surface area is 97.7 Å². The van der Waals surface area contributed by atoms with Crippen LogP contribution in [0.1, 0.15) is 0 Å². The van der Waals surface area contributed by atoms with E-state index in [9.17, 15) is 10.2 Å². The number of phenols is 2. The molecular formula is C14H11NO2. The Bertz CT molecular complexity index is 735. The molecule has 17 heavy (non-hydrogen) atoms. The van der Waals surface area contributed by atoms with Gasteiger partial charge in [0.15, 0.2) is 11.5 Å². The molecule has 3 aromatic carbocycles. The molecule has 0 unspecified atom stereocenters. The lowest BCUT2D eigenvalue weighted by Gasteiger charge is -2.07. The number of hydrogen-bond acceptors (Lipinski definition) is 3.